The lowest BCUT2D eigenvalue weighted by atomic mass is 9.89. The van der Waals surface area contributed by atoms with Gasteiger partial charge in [0.25, 0.3) is 0 Å². The average Bonchev–Trinajstić information content (AvgIpc) is 2.65. The molecule has 1 amide bonds. The maximum Gasteiger partial charge on any atom is 0.243 e. The number of guanidine groups is 1. The smallest absolute Gasteiger partial charge is 0.243 e. The van der Waals surface area contributed by atoms with Gasteiger partial charge in [-0.1, -0.05) is 49.6 Å². The first-order chi connectivity index (χ1) is 12.1. The first-order valence-corrected chi connectivity index (χ1v) is 9.36. The normalized spacial score (nSPS) is 17.0. The molecule has 0 bridgehead atoms. The zero-order valence-electron chi connectivity index (χ0n) is 15.8. The van der Waals surface area contributed by atoms with Gasteiger partial charge < -0.3 is 15.5 Å². The summed E-state index contributed by atoms with van der Waals surface area (Å²) in [5, 5.41) is 6.89. The molecule has 1 atom stereocenters. The molecule has 1 unspecified atom stereocenters. The lowest BCUT2D eigenvalue weighted by Gasteiger charge is -2.24. The van der Waals surface area contributed by atoms with Crippen LogP contribution in [0, 0.1) is 5.92 Å². The molecular weight excluding hydrogens is 312 g/mol. The van der Waals surface area contributed by atoms with Crippen molar-refractivity contribution in [1.29, 1.82) is 0 Å². The number of likely N-dealkylation sites (N-methyl/N-ethyl adjacent to an activating group) is 1. The van der Waals surface area contributed by atoms with Crippen LogP contribution in [-0.4, -0.2) is 44.0 Å². The van der Waals surface area contributed by atoms with E-state index in [1.54, 1.807) is 19.0 Å². The molecule has 138 valence electrons. The van der Waals surface area contributed by atoms with Crippen molar-refractivity contribution in [3.63, 3.8) is 0 Å². The number of carbonyl (C=O) groups excluding carboxylic acids is 1. The second-order valence-electron chi connectivity index (χ2n) is 7.11. The fourth-order valence-electron chi connectivity index (χ4n) is 3.10. The lowest BCUT2D eigenvalue weighted by Crippen LogP contribution is -2.42. The maximum absolute atomic E-state index is 11.9. The molecule has 1 fully saturated rings. The Morgan fingerprint density at radius 2 is 1.88 bits per heavy atom. The molecule has 0 aliphatic heterocycles. The molecule has 1 aromatic carbocycles. The summed E-state index contributed by atoms with van der Waals surface area (Å²) in [6, 6.07) is 10.4. The number of aliphatic imine (C=N–C) groups is 1. The molecule has 1 aliphatic carbocycles. The molecule has 1 aliphatic rings. The van der Waals surface area contributed by atoms with E-state index in [1.807, 2.05) is 18.2 Å². The molecule has 5 nitrogen and oxygen atoms in total. The average molecular weight is 345 g/mol. The van der Waals surface area contributed by atoms with E-state index < -0.39 is 0 Å². The number of benzene rings is 1. The monoisotopic (exact) mass is 344 g/mol. The summed E-state index contributed by atoms with van der Waals surface area (Å²) < 4.78 is 0. The third kappa shape index (κ3) is 6.77. The molecule has 2 N–H and O–H groups in total. The maximum atomic E-state index is 11.9. The van der Waals surface area contributed by atoms with E-state index in [9.17, 15) is 4.79 Å². The van der Waals surface area contributed by atoms with Gasteiger partial charge in [-0.05, 0) is 31.2 Å². The second kappa shape index (κ2) is 10.1. The van der Waals surface area contributed by atoms with Crippen LogP contribution < -0.4 is 10.6 Å². The molecule has 0 heterocycles. The SMILES string of the molecule is CC(NC(=NCC(=O)N(C)C)NCC1CCCCC1)c1ccccc1. The number of nitrogens with one attached hydrogen (secondary N) is 2. The Bertz CT molecular complexity index is 550. The van der Waals surface area contributed by atoms with E-state index in [-0.39, 0.29) is 18.5 Å². The zero-order valence-corrected chi connectivity index (χ0v) is 15.8. The van der Waals surface area contributed by atoms with Crippen molar-refractivity contribution in [2.24, 2.45) is 10.9 Å². The van der Waals surface area contributed by atoms with Crippen molar-refractivity contribution in [2.45, 2.75) is 45.1 Å². The van der Waals surface area contributed by atoms with Gasteiger partial charge in [-0.3, -0.25) is 4.79 Å². The fourth-order valence-corrected chi connectivity index (χ4v) is 3.10. The van der Waals surface area contributed by atoms with E-state index >= 15 is 0 Å². The highest BCUT2D eigenvalue weighted by Gasteiger charge is 2.15. The number of rotatable bonds is 6. The molecule has 1 aromatic rings. The molecule has 0 radical (unpaired) electrons. The van der Waals surface area contributed by atoms with Crippen molar-refractivity contribution >= 4 is 11.9 Å². The van der Waals surface area contributed by atoms with Crippen molar-refractivity contribution < 1.29 is 4.79 Å². The van der Waals surface area contributed by atoms with Crippen LogP contribution in [0.2, 0.25) is 0 Å². The van der Waals surface area contributed by atoms with Crippen LogP contribution >= 0.6 is 0 Å². The highest BCUT2D eigenvalue weighted by atomic mass is 16.2. The Hall–Kier alpha value is -2.04. The lowest BCUT2D eigenvalue weighted by molar-refractivity contribution is -0.127. The van der Waals surface area contributed by atoms with Gasteiger partial charge in [-0.2, -0.15) is 0 Å². The third-order valence-corrected chi connectivity index (χ3v) is 4.81. The van der Waals surface area contributed by atoms with Crippen molar-refractivity contribution in [2.75, 3.05) is 27.2 Å². The zero-order chi connectivity index (χ0) is 18.1. The Morgan fingerprint density at radius 1 is 1.20 bits per heavy atom. The largest absolute Gasteiger partial charge is 0.356 e. The molecule has 2 rings (SSSR count). The first-order valence-electron chi connectivity index (χ1n) is 9.36. The second-order valence-corrected chi connectivity index (χ2v) is 7.11. The number of hydrogen-bond donors (Lipinski definition) is 2. The minimum atomic E-state index is 0.00568. The van der Waals surface area contributed by atoms with Gasteiger partial charge in [0, 0.05) is 20.6 Å². The van der Waals surface area contributed by atoms with Gasteiger partial charge in [0.15, 0.2) is 5.96 Å². The minimum absolute atomic E-state index is 0.00568. The van der Waals surface area contributed by atoms with E-state index in [2.05, 4.69) is 34.7 Å². The fraction of sp³-hybridized carbons (Fsp3) is 0.600. The predicted octanol–water partition coefficient (Wildman–Crippen LogP) is 2.95. The van der Waals surface area contributed by atoms with E-state index in [0.29, 0.717) is 5.92 Å². The van der Waals surface area contributed by atoms with Crippen LogP contribution in [0.1, 0.15) is 50.6 Å². The van der Waals surface area contributed by atoms with Crippen LogP contribution in [-0.2, 0) is 4.79 Å². The number of amides is 1. The van der Waals surface area contributed by atoms with Crippen LogP contribution in [0.5, 0.6) is 0 Å². The van der Waals surface area contributed by atoms with Crippen LogP contribution in [0.15, 0.2) is 35.3 Å². The molecule has 5 heteroatoms. The Balaban J connectivity index is 1.97. The summed E-state index contributed by atoms with van der Waals surface area (Å²) in [6.45, 7) is 3.19. The molecular formula is C20H32N4O. The summed E-state index contributed by atoms with van der Waals surface area (Å²) in [5.74, 6) is 1.43. The molecule has 25 heavy (non-hydrogen) atoms. The first kappa shape index (κ1) is 19.3. The van der Waals surface area contributed by atoms with Gasteiger partial charge in [-0.15, -0.1) is 0 Å². The quantitative estimate of drug-likeness (QED) is 0.616. The highest BCUT2D eigenvalue weighted by Crippen LogP contribution is 2.22. The summed E-state index contributed by atoms with van der Waals surface area (Å²) in [7, 11) is 3.51. The predicted molar refractivity (Wildman–Crippen MR) is 104 cm³/mol. The number of hydrogen-bond acceptors (Lipinski definition) is 2. The van der Waals surface area contributed by atoms with Gasteiger partial charge in [0.05, 0.1) is 6.04 Å². The van der Waals surface area contributed by atoms with Gasteiger partial charge >= 0.3 is 0 Å². The summed E-state index contributed by atoms with van der Waals surface area (Å²) in [4.78, 5) is 17.9. The minimum Gasteiger partial charge on any atom is -0.356 e. The summed E-state index contributed by atoms with van der Waals surface area (Å²) in [5.41, 5.74) is 1.20. The molecule has 0 saturated heterocycles. The van der Waals surface area contributed by atoms with Crippen LogP contribution in [0.4, 0.5) is 0 Å². The van der Waals surface area contributed by atoms with Gasteiger partial charge in [0.1, 0.15) is 6.54 Å². The van der Waals surface area contributed by atoms with Gasteiger partial charge in [0.2, 0.25) is 5.91 Å². The number of carbonyl (C=O) groups is 1. The molecule has 0 spiro atoms. The van der Waals surface area contributed by atoms with Crippen LogP contribution in [0.25, 0.3) is 0 Å². The Labute approximate surface area is 151 Å². The van der Waals surface area contributed by atoms with Crippen LogP contribution in [0.3, 0.4) is 0 Å². The topological polar surface area (TPSA) is 56.7 Å². The Morgan fingerprint density at radius 3 is 2.52 bits per heavy atom. The number of nitrogens with zero attached hydrogens (tertiary/aromatic N) is 2. The standard InChI is InChI=1S/C20H32N4O/c1-16(18-12-8-5-9-13-18)23-20(22-15-19(25)24(2)3)21-14-17-10-6-4-7-11-17/h5,8-9,12-13,16-17H,4,6-7,10-11,14-15H2,1-3H3,(H2,21,22,23). The van der Waals surface area contributed by atoms with Crippen molar-refractivity contribution in [3.8, 4) is 0 Å². The van der Waals surface area contributed by atoms with E-state index in [0.717, 1.165) is 12.5 Å². The van der Waals surface area contributed by atoms with E-state index in [1.165, 1.54) is 37.7 Å². The van der Waals surface area contributed by atoms with Crippen molar-refractivity contribution in [3.05, 3.63) is 35.9 Å². The Kier molecular flexibility index (Phi) is 7.76. The summed E-state index contributed by atoms with van der Waals surface area (Å²) in [6.07, 6.45) is 6.58. The summed E-state index contributed by atoms with van der Waals surface area (Å²) >= 11 is 0. The molecule has 0 aromatic heterocycles. The highest BCUT2D eigenvalue weighted by molar-refractivity contribution is 5.85. The van der Waals surface area contributed by atoms with Gasteiger partial charge in [-0.25, -0.2) is 4.99 Å². The molecule has 1 saturated carbocycles. The van der Waals surface area contributed by atoms with Crippen molar-refractivity contribution in [1.82, 2.24) is 15.5 Å². The van der Waals surface area contributed by atoms with E-state index in [4.69, 9.17) is 0 Å². The third-order valence-electron chi connectivity index (χ3n) is 4.81.